The quantitative estimate of drug-likeness (QED) is 0.776. The van der Waals surface area contributed by atoms with Gasteiger partial charge in [-0.1, -0.05) is 19.8 Å². The molecule has 1 unspecified atom stereocenters. The highest BCUT2D eigenvalue weighted by molar-refractivity contribution is 4.92. The largest absolute Gasteiger partial charge is 0.377 e. The Bertz CT molecular complexity index is 208. The van der Waals surface area contributed by atoms with Crippen LogP contribution in [0, 0.1) is 0 Å². The van der Waals surface area contributed by atoms with E-state index in [1.165, 1.54) is 38.5 Å². The Hall–Kier alpha value is -0.120. The second-order valence-corrected chi connectivity index (χ2v) is 5.53. The summed E-state index contributed by atoms with van der Waals surface area (Å²) in [6.07, 6.45) is 7.96. The second kappa shape index (κ2) is 5.48. The highest BCUT2D eigenvalue weighted by atomic mass is 16.5. The van der Waals surface area contributed by atoms with Gasteiger partial charge in [0.25, 0.3) is 0 Å². The van der Waals surface area contributed by atoms with E-state index >= 15 is 0 Å². The topological polar surface area (TPSA) is 38.5 Å². The SMILES string of the molecule is CCN(CC1CCCO1)CC1(N)CCCC1. The van der Waals surface area contributed by atoms with Gasteiger partial charge in [0, 0.05) is 25.2 Å². The van der Waals surface area contributed by atoms with Gasteiger partial charge in [-0.05, 0) is 32.2 Å². The highest BCUT2D eigenvalue weighted by Gasteiger charge is 2.31. The molecule has 0 amide bonds. The molecule has 94 valence electrons. The average Bonchev–Trinajstić information content (AvgIpc) is 2.89. The third-order valence-corrected chi connectivity index (χ3v) is 4.07. The predicted octanol–water partition coefficient (Wildman–Crippen LogP) is 1.76. The molecule has 1 aliphatic heterocycles. The fourth-order valence-corrected chi connectivity index (χ4v) is 3.06. The van der Waals surface area contributed by atoms with Gasteiger partial charge in [0.05, 0.1) is 6.10 Å². The van der Waals surface area contributed by atoms with Crippen LogP contribution in [-0.2, 0) is 4.74 Å². The van der Waals surface area contributed by atoms with Crippen LogP contribution in [0.15, 0.2) is 0 Å². The highest BCUT2D eigenvalue weighted by Crippen LogP contribution is 2.28. The molecule has 2 fully saturated rings. The molecule has 1 heterocycles. The van der Waals surface area contributed by atoms with Gasteiger partial charge >= 0.3 is 0 Å². The lowest BCUT2D eigenvalue weighted by molar-refractivity contribution is 0.0670. The lowest BCUT2D eigenvalue weighted by atomic mass is 9.98. The Kier molecular flexibility index (Phi) is 4.22. The number of nitrogens with two attached hydrogens (primary N) is 1. The van der Waals surface area contributed by atoms with Crippen molar-refractivity contribution in [3.63, 3.8) is 0 Å². The van der Waals surface area contributed by atoms with Gasteiger partial charge in [-0.2, -0.15) is 0 Å². The molecule has 2 N–H and O–H groups in total. The maximum atomic E-state index is 6.43. The molecule has 2 aliphatic rings. The van der Waals surface area contributed by atoms with Crippen LogP contribution in [0.1, 0.15) is 45.4 Å². The van der Waals surface area contributed by atoms with Crippen molar-refractivity contribution < 1.29 is 4.74 Å². The summed E-state index contributed by atoms with van der Waals surface area (Å²) in [6.45, 7) is 6.42. The van der Waals surface area contributed by atoms with Crippen LogP contribution in [0.2, 0.25) is 0 Å². The third kappa shape index (κ3) is 3.19. The van der Waals surface area contributed by atoms with Gasteiger partial charge in [0.15, 0.2) is 0 Å². The fourth-order valence-electron chi connectivity index (χ4n) is 3.06. The van der Waals surface area contributed by atoms with Crippen molar-refractivity contribution in [3.8, 4) is 0 Å². The summed E-state index contributed by atoms with van der Waals surface area (Å²) < 4.78 is 5.70. The van der Waals surface area contributed by atoms with E-state index in [0.717, 1.165) is 26.2 Å². The number of nitrogens with zero attached hydrogens (tertiary/aromatic N) is 1. The zero-order chi connectivity index (χ0) is 11.4. The first-order valence-corrected chi connectivity index (χ1v) is 6.85. The normalized spacial score (nSPS) is 29.1. The molecule has 0 aromatic carbocycles. The minimum Gasteiger partial charge on any atom is -0.377 e. The second-order valence-electron chi connectivity index (χ2n) is 5.53. The summed E-state index contributed by atoms with van der Waals surface area (Å²) in [5.41, 5.74) is 6.52. The van der Waals surface area contributed by atoms with Crippen LogP contribution in [0.5, 0.6) is 0 Å². The molecule has 0 spiro atoms. The van der Waals surface area contributed by atoms with Crippen LogP contribution in [0.3, 0.4) is 0 Å². The summed E-state index contributed by atoms with van der Waals surface area (Å²) in [5.74, 6) is 0. The zero-order valence-electron chi connectivity index (χ0n) is 10.6. The Morgan fingerprint density at radius 1 is 1.31 bits per heavy atom. The smallest absolute Gasteiger partial charge is 0.0702 e. The minimum atomic E-state index is 0.0919. The van der Waals surface area contributed by atoms with Gasteiger partial charge in [0.1, 0.15) is 0 Å². The Morgan fingerprint density at radius 3 is 2.62 bits per heavy atom. The van der Waals surface area contributed by atoms with E-state index in [0.29, 0.717) is 6.10 Å². The summed E-state index contributed by atoms with van der Waals surface area (Å²) in [5, 5.41) is 0. The molecule has 1 atom stereocenters. The molecule has 16 heavy (non-hydrogen) atoms. The first-order chi connectivity index (χ1) is 7.72. The number of hydrogen-bond donors (Lipinski definition) is 1. The molecule has 1 aliphatic carbocycles. The van der Waals surface area contributed by atoms with Crippen molar-refractivity contribution in [2.45, 2.75) is 57.1 Å². The van der Waals surface area contributed by atoms with E-state index in [-0.39, 0.29) is 5.54 Å². The van der Waals surface area contributed by atoms with E-state index in [9.17, 15) is 0 Å². The van der Waals surface area contributed by atoms with E-state index in [1.807, 2.05) is 0 Å². The Balaban J connectivity index is 1.79. The average molecular weight is 226 g/mol. The van der Waals surface area contributed by atoms with Crippen LogP contribution >= 0.6 is 0 Å². The van der Waals surface area contributed by atoms with Gasteiger partial charge in [-0.25, -0.2) is 0 Å². The van der Waals surface area contributed by atoms with Crippen molar-refractivity contribution in [2.75, 3.05) is 26.2 Å². The molecule has 1 saturated carbocycles. The van der Waals surface area contributed by atoms with Crippen molar-refractivity contribution >= 4 is 0 Å². The Labute approximate surface area is 99.3 Å². The maximum absolute atomic E-state index is 6.43. The van der Waals surface area contributed by atoms with Gasteiger partial charge in [-0.15, -0.1) is 0 Å². The molecule has 2 rings (SSSR count). The summed E-state index contributed by atoms with van der Waals surface area (Å²) in [4.78, 5) is 2.49. The van der Waals surface area contributed by atoms with Crippen LogP contribution < -0.4 is 5.73 Å². The molecule has 1 saturated heterocycles. The number of likely N-dealkylation sites (N-methyl/N-ethyl adjacent to an activating group) is 1. The van der Waals surface area contributed by atoms with Crippen LogP contribution in [0.25, 0.3) is 0 Å². The summed E-state index contributed by atoms with van der Waals surface area (Å²) >= 11 is 0. The van der Waals surface area contributed by atoms with Crippen molar-refractivity contribution in [1.29, 1.82) is 0 Å². The molecule has 3 nitrogen and oxygen atoms in total. The van der Waals surface area contributed by atoms with E-state index < -0.39 is 0 Å². The lowest BCUT2D eigenvalue weighted by Crippen LogP contribution is -2.49. The monoisotopic (exact) mass is 226 g/mol. The van der Waals surface area contributed by atoms with E-state index in [4.69, 9.17) is 10.5 Å². The molecule has 0 radical (unpaired) electrons. The maximum Gasteiger partial charge on any atom is 0.0702 e. The van der Waals surface area contributed by atoms with Crippen LogP contribution in [0.4, 0.5) is 0 Å². The van der Waals surface area contributed by atoms with Gasteiger partial charge in [-0.3, -0.25) is 4.90 Å². The third-order valence-electron chi connectivity index (χ3n) is 4.07. The van der Waals surface area contributed by atoms with E-state index in [1.54, 1.807) is 0 Å². The van der Waals surface area contributed by atoms with Crippen LogP contribution in [-0.4, -0.2) is 42.8 Å². The standard InChI is InChI=1S/C13H26N2O/c1-2-15(10-12-6-5-9-16-12)11-13(14)7-3-4-8-13/h12H,2-11,14H2,1H3. The molecule has 0 bridgehead atoms. The predicted molar refractivity (Wildman–Crippen MR) is 66.5 cm³/mol. The molecule has 3 heteroatoms. The zero-order valence-corrected chi connectivity index (χ0v) is 10.6. The molecular formula is C13H26N2O. The van der Waals surface area contributed by atoms with Crippen molar-refractivity contribution in [2.24, 2.45) is 5.73 Å². The van der Waals surface area contributed by atoms with E-state index in [2.05, 4.69) is 11.8 Å². The fraction of sp³-hybridized carbons (Fsp3) is 1.00. The molecule has 0 aromatic rings. The number of hydrogen-bond acceptors (Lipinski definition) is 3. The van der Waals surface area contributed by atoms with Crippen molar-refractivity contribution in [3.05, 3.63) is 0 Å². The first-order valence-electron chi connectivity index (χ1n) is 6.85. The lowest BCUT2D eigenvalue weighted by Gasteiger charge is -2.32. The number of rotatable bonds is 5. The van der Waals surface area contributed by atoms with Gasteiger partial charge < -0.3 is 10.5 Å². The van der Waals surface area contributed by atoms with Crippen molar-refractivity contribution in [1.82, 2.24) is 4.90 Å². The summed E-state index contributed by atoms with van der Waals surface area (Å²) in [6, 6.07) is 0. The minimum absolute atomic E-state index is 0.0919. The first kappa shape index (κ1) is 12.3. The Morgan fingerprint density at radius 2 is 2.06 bits per heavy atom. The van der Waals surface area contributed by atoms with Gasteiger partial charge in [0.2, 0.25) is 0 Å². The molecular weight excluding hydrogens is 200 g/mol. The number of ether oxygens (including phenoxy) is 1. The summed E-state index contributed by atoms with van der Waals surface area (Å²) in [7, 11) is 0. The molecule has 0 aromatic heterocycles.